The monoisotopic (exact) mass is 437 g/mol. The summed E-state index contributed by atoms with van der Waals surface area (Å²) in [6, 6.07) is 5.36. The SMILES string of the molecule is CCN(CC)S(=O)(=O)c1cccc(C(=O)N[C@H](C(=O)N2CCC[C@@H](C)C2)C(C)C)c1. The van der Waals surface area contributed by atoms with E-state index in [1.165, 1.54) is 16.4 Å². The molecule has 1 aromatic carbocycles. The van der Waals surface area contributed by atoms with Crippen molar-refractivity contribution in [3.63, 3.8) is 0 Å². The lowest BCUT2D eigenvalue weighted by Crippen LogP contribution is -2.53. The van der Waals surface area contributed by atoms with E-state index in [1.807, 2.05) is 18.7 Å². The Morgan fingerprint density at radius 2 is 1.90 bits per heavy atom. The first-order valence-electron chi connectivity index (χ1n) is 10.8. The zero-order valence-electron chi connectivity index (χ0n) is 18.7. The van der Waals surface area contributed by atoms with Crippen LogP contribution >= 0.6 is 0 Å². The molecule has 1 N–H and O–H groups in total. The molecule has 0 radical (unpaired) electrons. The van der Waals surface area contributed by atoms with Gasteiger partial charge in [0, 0.05) is 31.7 Å². The molecule has 1 fully saturated rings. The molecule has 0 aromatic heterocycles. The molecule has 2 atom stereocenters. The average molecular weight is 438 g/mol. The fourth-order valence-electron chi connectivity index (χ4n) is 3.83. The van der Waals surface area contributed by atoms with Crippen molar-refractivity contribution in [3.05, 3.63) is 29.8 Å². The molecule has 1 aromatic rings. The summed E-state index contributed by atoms with van der Waals surface area (Å²) in [5, 5.41) is 2.84. The molecule has 1 heterocycles. The van der Waals surface area contributed by atoms with E-state index in [-0.39, 0.29) is 22.3 Å². The van der Waals surface area contributed by atoms with Gasteiger partial charge in [-0.25, -0.2) is 8.42 Å². The third-order valence-electron chi connectivity index (χ3n) is 5.63. The summed E-state index contributed by atoms with van der Waals surface area (Å²) in [4.78, 5) is 27.9. The van der Waals surface area contributed by atoms with Gasteiger partial charge < -0.3 is 10.2 Å². The standard InChI is InChI=1S/C22H35N3O4S/c1-6-25(7-2)30(28,29)19-12-8-11-18(14-19)21(26)23-20(16(3)4)22(27)24-13-9-10-17(5)15-24/h8,11-12,14,16-17,20H,6-7,9-10,13,15H2,1-5H3,(H,23,26)/t17-,20+/m1/s1. The van der Waals surface area contributed by atoms with Crippen molar-refractivity contribution >= 4 is 21.8 Å². The predicted molar refractivity (Wildman–Crippen MR) is 118 cm³/mol. The van der Waals surface area contributed by atoms with Crippen LogP contribution in [0.4, 0.5) is 0 Å². The third kappa shape index (κ3) is 5.60. The van der Waals surface area contributed by atoms with Gasteiger partial charge in [-0.2, -0.15) is 4.31 Å². The van der Waals surface area contributed by atoms with Crippen molar-refractivity contribution in [3.8, 4) is 0 Å². The summed E-state index contributed by atoms with van der Waals surface area (Å²) in [6.07, 6.45) is 2.08. The highest BCUT2D eigenvalue weighted by molar-refractivity contribution is 7.89. The van der Waals surface area contributed by atoms with Crippen LogP contribution in [-0.4, -0.2) is 61.7 Å². The largest absolute Gasteiger partial charge is 0.341 e. The fraction of sp³-hybridized carbons (Fsp3) is 0.636. The van der Waals surface area contributed by atoms with Gasteiger partial charge in [0.05, 0.1) is 4.90 Å². The van der Waals surface area contributed by atoms with E-state index in [0.29, 0.717) is 32.1 Å². The lowest BCUT2D eigenvalue weighted by molar-refractivity contribution is -0.136. The maximum atomic E-state index is 13.1. The number of rotatable bonds is 8. The second kappa shape index (κ2) is 10.4. The van der Waals surface area contributed by atoms with Crippen LogP contribution in [-0.2, 0) is 14.8 Å². The van der Waals surface area contributed by atoms with E-state index < -0.39 is 22.0 Å². The molecule has 2 amide bonds. The summed E-state index contributed by atoms with van der Waals surface area (Å²) in [5.74, 6) is -0.144. The van der Waals surface area contributed by atoms with Crippen molar-refractivity contribution in [2.24, 2.45) is 11.8 Å². The van der Waals surface area contributed by atoms with Crippen LogP contribution in [0.3, 0.4) is 0 Å². The van der Waals surface area contributed by atoms with Gasteiger partial charge in [-0.05, 0) is 42.9 Å². The van der Waals surface area contributed by atoms with Crippen molar-refractivity contribution in [2.75, 3.05) is 26.2 Å². The number of carbonyl (C=O) groups excluding carboxylic acids is 2. The number of nitrogens with zero attached hydrogens (tertiary/aromatic N) is 2. The highest BCUT2D eigenvalue weighted by atomic mass is 32.2. The molecule has 1 saturated heterocycles. The molecule has 0 aliphatic carbocycles. The van der Waals surface area contributed by atoms with Crippen molar-refractivity contribution in [1.82, 2.24) is 14.5 Å². The molecule has 1 aliphatic rings. The van der Waals surface area contributed by atoms with Gasteiger partial charge in [0.25, 0.3) is 5.91 Å². The first-order chi connectivity index (χ1) is 14.1. The van der Waals surface area contributed by atoms with E-state index in [4.69, 9.17) is 0 Å². The summed E-state index contributed by atoms with van der Waals surface area (Å²) in [7, 11) is -3.66. The highest BCUT2D eigenvalue weighted by Crippen LogP contribution is 2.20. The smallest absolute Gasteiger partial charge is 0.251 e. The Hall–Kier alpha value is -1.93. The molecule has 0 spiro atoms. The van der Waals surface area contributed by atoms with E-state index >= 15 is 0 Å². The lowest BCUT2D eigenvalue weighted by atomic mass is 9.97. The maximum Gasteiger partial charge on any atom is 0.251 e. The van der Waals surface area contributed by atoms with Gasteiger partial charge in [-0.1, -0.05) is 40.7 Å². The van der Waals surface area contributed by atoms with Gasteiger partial charge in [0.2, 0.25) is 15.9 Å². The number of benzene rings is 1. The number of hydrogen-bond donors (Lipinski definition) is 1. The average Bonchev–Trinajstić information content (AvgIpc) is 2.72. The molecule has 168 valence electrons. The molecule has 7 nitrogen and oxygen atoms in total. The van der Waals surface area contributed by atoms with Crippen LogP contribution in [0.1, 0.15) is 57.8 Å². The van der Waals surface area contributed by atoms with Crippen molar-refractivity contribution in [1.29, 1.82) is 0 Å². The summed E-state index contributed by atoms with van der Waals surface area (Å²) >= 11 is 0. The predicted octanol–water partition coefficient (Wildman–Crippen LogP) is 2.73. The molecular formula is C22H35N3O4S. The number of amides is 2. The Morgan fingerprint density at radius 3 is 2.47 bits per heavy atom. The van der Waals surface area contributed by atoms with Crippen molar-refractivity contribution in [2.45, 2.75) is 58.4 Å². The van der Waals surface area contributed by atoms with E-state index in [9.17, 15) is 18.0 Å². The van der Waals surface area contributed by atoms with Gasteiger partial charge in [0.1, 0.15) is 6.04 Å². The van der Waals surface area contributed by atoms with E-state index in [2.05, 4.69) is 12.2 Å². The Kier molecular flexibility index (Phi) is 8.43. The van der Waals surface area contributed by atoms with Gasteiger partial charge >= 0.3 is 0 Å². The van der Waals surface area contributed by atoms with Crippen molar-refractivity contribution < 1.29 is 18.0 Å². The number of sulfonamides is 1. The number of hydrogen-bond acceptors (Lipinski definition) is 4. The van der Waals surface area contributed by atoms with E-state index in [1.54, 1.807) is 26.0 Å². The van der Waals surface area contributed by atoms with Crippen LogP contribution in [0.5, 0.6) is 0 Å². The topological polar surface area (TPSA) is 86.8 Å². The number of likely N-dealkylation sites (tertiary alicyclic amines) is 1. The van der Waals surface area contributed by atoms with Crippen LogP contribution in [0.25, 0.3) is 0 Å². The summed E-state index contributed by atoms with van der Waals surface area (Å²) in [6.45, 7) is 11.6. The molecular weight excluding hydrogens is 402 g/mol. The molecule has 0 bridgehead atoms. The van der Waals surface area contributed by atoms with Gasteiger partial charge in [-0.3, -0.25) is 9.59 Å². The molecule has 1 aliphatic heterocycles. The quantitative estimate of drug-likeness (QED) is 0.677. The van der Waals surface area contributed by atoms with Crippen LogP contribution < -0.4 is 5.32 Å². The Bertz CT molecular complexity index is 850. The second-order valence-electron chi connectivity index (χ2n) is 8.34. The van der Waals surface area contributed by atoms with Crippen LogP contribution in [0.2, 0.25) is 0 Å². The first-order valence-corrected chi connectivity index (χ1v) is 12.3. The first kappa shape index (κ1) is 24.3. The summed E-state index contributed by atoms with van der Waals surface area (Å²) in [5.41, 5.74) is 0.230. The maximum absolute atomic E-state index is 13.1. The molecule has 0 saturated carbocycles. The summed E-state index contributed by atoms with van der Waals surface area (Å²) < 4.78 is 26.9. The fourth-order valence-corrected chi connectivity index (χ4v) is 5.34. The van der Waals surface area contributed by atoms with E-state index in [0.717, 1.165) is 12.8 Å². The number of carbonyl (C=O) groups is 2. The Morgan fingerprint density at radius 1 is 1.23 bits per heavy atom. The normalized spacial score (nSPS) is 18.5. The minimum absolute atomic E-state index is 0.0724. The molecule has 0 unspecified atom stereocenters. The molecule has 30 heavy (non-hydrogen) atoms. The zero-order valence-corrected chi connectivity index (χ0v) is 19.5. The molecule has 2 rings (SSSR count). The zero-order chi connectivity index (χ0) is 22.5. The Labute approximate surface area is 180 Å². The highest BCUT2D eigenvalue weighted by Gasteiger charge is 2.31. The van der Waals surface area contributed by atoms with Gasteiger partial charge in [0.15, 0.2) is 0 Å². The lowest BCUT2D eigenvalue weighted by Gasteiger charge is -2.35. The second-order valence-corrected chi connectivity index (χ2v) is 10.3. The van der Waals surface area contributed by atoms with Crippen LogP contribution in [0, 0.1) is 11.8 Å². The minimum atomic E-state index is -3.66. The number of piperidine rings is 1. The number of nitrogens with one attached hydrogen (secondary N) is 1. The Balaban J connectivity index is 2.21. The van der Waals surface area contributed by atoms with Crippen LogP contribution in [0.15, 0.2) is 29.2 Å². The molecule has 8 heteroatoms. The minimum Gasteiger partial charge on any atom is -0.341 e. The third-order valence-corrected chi connectivity index (χ3v) is 7.67. The van der Waals surface area contributed by atoms with Gasteiger partial charge in [-0.15, -0.1) is 0 Å².